The smallest absolute Gasteiger partial charge is 0.250 e. The quantitative estimate of drug-likeness (QED) is 0.553. The number of aromatic nitrogens is 2. The highest BCUT2D eigenvalue weighted by Crippen LogP contribution is 2.18. The van der Waals surface area contributed by atoms with E-state index in [1.54, 1.807) is 6.07 Å². The van der Waals surface area contributed by atoms with E-state index in [0.29, 0.717) is 17.7 Å². The molecule has 0 saturated heterocycles. The maximum Gasteiger partial charge on any atom is 0.250 e. The van der Waals surface area contributed by atoms with Crippen molar-refractivity contribution < 1.29 is 9.47 Å². The summed E-state index contributed by atoms with van der Waals surface area (Å²) in [4.78, 5) is 8.46. The molecule has 6 heteroatoms. The third-order valence-electron chi connectivity index (χ3n) is 3.46. The van der Waals surface area contributed by atoms with Gasteiger partial charge in [0.05, 0.1) is 26.0 Å². The van der Waals surface area contributed by atoms with Crippen LogP contribution in [0.4, 0.5) is 5.95 Å². The van der Waals surface area contributed by atoms with Crippen molar-refractivity contribution in [2.24, 2.45) is 5.10 Å². The second-order valence-electron chi connectivity index (χ2n) is 5.08. The van der Waals surface area contributed by atoms with Crippen molar-refractivity contribution in [1.82, 2.24) is 9.97 Å². The molecule has 6 nitrogen and oxygen atoms in total. The van der Waals surface area contributed by atoms with E-state index < -0.39 is 0 Å². The Hall–Kier alpha value is -3.41. The molecule has 0 bridgehead atoms. The van der Waals surface area contributed by atoms with Crippen LogP contribution in [0.2, 0.25) is 0 Å². The molecule has 3 rings (SSSR count). The lowest BCUT2D eigenvalue weighted by molar-refractivity contribution is 0.373. The number of methoxy groups -OCH3 is 2. The molecule has 2 aromatic carbocycles. The number of anilines is 1. The second-order valence-corrected chi connectivity index (χ2v) is 5.08. The highest BCUT2D eigenvalue weighted by molar-refractivity contribution is 6.13. The first-order valence-corrected chi connectivity index (χ1v) is 7.72. The summed E-state index contributed by atoms with van der Waals surface area (Å²) in [6, 6.07) is 21.4. The fourth-order valence-corrected chi connectivity index (χ4v) is 2.26. The van der Waals surface area contributed by atoms with Gasteiger partial charge in [-0.3, -0.25) is 0 Å². The summed E-state index contributed by atoms with van der Waals surface area (Å²) >= 11 is 0. The van der Waals surface area contributed by atoms with Gasteiger partial charge in [-0.1, -0.05) is 60.7 Å². The molecule has 0 amide bonds. The third kappa shape index (κ3) is 4.11. The molecule has 126 valence electrons. The van der Waals surface area contributed by atoms with Crippen LogP contribution in [0.5, 0.6) is 11.8 Å². The molecule has 0 atom stereocenters. The molecule has 0 aliphatic heterocycles. The van der Waals surface area contributed by atoms with E-state index in [2.05, 4.69) is 20.5 Å². The molecule has 3 aromatic rings. The van der Waals surface area contributed by atoms with E-state index >= 15 is 0 Å². The van der Waals surface area contributed by atoms with Crippen molar-refractivity contribution in [3.05, 3.63) is 77.9 Å². The molecule has 1 heterocycles. The van der Waals surface area contributed by atoms with Gasteiger partial charge in [-0.2, -0.15) is 15.1 Å². The average molecular weight is 334 g/mol. The maximum atomic E-state index is 5.15. The summed E-state index contributed by atoms with van der Waals surface area (Å²) in [6.07, 6.45) is 0. The second kappa shape index (κ2) is 7.92. The van der Waals surface area contributed by atoms with Crippen LogP contribution in [0.3, 0.4) is 0 Å². The van der Waals surface area contributed by atoms with Gasteiger partial charge in [0.25, 0.3) is 0 Å². The number of hydrogen-bond donors (Lipinski definition) is 1. The molecule has 0 aliphatic carbocycles. The van der Waals surface area contributed by atoms with Gasteiger partial charge in [-0.05, 0) is 0 Å². The Morgan fingerprint density at radius 2 is 1.28 bits per heavy atom. The van der Waals surface area contributed by atoms with Crippen molar-refractivity contribution in [3.63, 3.8) is 0 Å². The zero-order valence-electron chi connectivity index (χ0n) is 14.0. The van der Waals surface area contributed by atoms with Crippen LogP contribution in [0, 0.1) is 0 Å². The van der Waals surface area contributed by atoms with Crippen LogP contribution in [-0.4, -0.2) is 29.9 Å². The van der Waals surface area contributed by atoms with E-state index in [-0.39, 0.29) is 0 Å². The monoisotopic (exact) mass is 334 g/mol. The molecule has 0 unspecified atom stereocenters. The molecule has 1 aromatic heterocycles. The fourth-order valence-electron chi connectivity index (χ4n) is 2.26. The summed E-state index contributed by atoms with van der Waals surface area (Å²) in [7, 11) is 3.07. The molecule has 0 aliphatic rings. The SMILES string of the molecule is COc1cc(OC)nc(NN=C(c2ccccc2)c2ccccc2)n1. The summed E-state index contributed by atoms with van der Waals surface area (Å²) in [6.45, 7) is 0. The molecule has 0 radical (unpaired) electrons. The average Bonchev–Trinajstić information content (AvgIpc) is 2.69. The van der Waals surface area contributed by atoms with Gasteiger partial charge in [0.15, 0.2) is 0 Å². The van der Waals surface area contributed by atoms with Crippen molar-refractivity contribution in [3.8, 4) is 11.8 Å². The number of hydrogen-bond acceptors (Lipinski definition) is 6. The predicted molar refractivity (Wildman–Crippen MR) is 97.3 cm³/mol. The minimum atomic E-state index is 0.292. The van der Waals surface area contributed by atoms with Crippen molar-refractivity contribution >= 4 is 11.7 Å². The zero-order valence-corrected chi connectivity index (χ0v) is 14.0. The Bertz CT molecular complexity index is 788. The third-order valence-corrected chi connectivity index (χ3v) is 3.46. The summed E-state index contributed by atoms with van der Waals surface area (Å²) in [5, 5.41) is 4.52. The lowest BCUT2D eigenvalue weighted by atomic mass is 10.0. The van der Waals surface area contributed by atoms with Crippen molar-refractivity contribution in [2.75, 3.05) is 19.6 Å². The fraction of sp³-hybridized carbons (Fsp3) is 0.105. The molecular formula is C19H18N4O2. The maximum absolute atomic E-state index is 5.15. The normalized spacial score (nSPS) is 10.0. The molecule has 0 spiro atoms. The van der Waals surface area contributed by atoms with Gasteiger partial charge in [0.1, 0.15) is 0 Å². The van der Waals surface area contributed by atoms with Crippen LogP contribution in [0.15, 0.2) is 71.8 Å². The standard InChI is InChI=1S/C19H18N4O2/c1-24-16-13-17(25-2)21-19(20-16)23-22-18(14-9-5-3-6-10-14)15-11-7-4-8-12-15/h3-13H,1-2H3,(H,20,21,23). The Balaban J connectivity index is 1.97. The van der Waals surface area contributed by atoms with E-state index in [1.165, 1.54) is 14.2 Å². The Kier molecular flexibility index (Phi) is 5.21. The summed E-state index contributed by atoms with van der Waals surface area (Å²) < 4.78 is 10.3. The Morgan fingerprint density at radius 3 is 1.72 bits per heavy atom. The molecular weight excluding hydrogens is 316 g/mol. The number of nitrogens with one attached hydrogen (secondary N) is 1. The minimum Gasteiger partial charge on any atom is -0.481 e. The number of nitrogens with zero attached hydrogens (tertiary/aromatic N) is 3. The van der Waals surface area contributed by atoms with Gasteiger partial charge in [0.2, 0.25) is 17.7 Å². The Morgan fingerprint density at radius 1 is 0.800 bits per heavy atom. The van der Waals surface area contributed by atoms with Gasteiger partial charge in [-0.25, -0.2) is 5.43 Å². The molecule has 0 saturated carbocycles. The Labute approximate surface area is 146 Å². The van der Waals surface area contributed by atoms with E-state index in [0.717, 1.165) is 16.8 Å². The van der Waals surface area contributed by atoms with Crippen molar-refractivity contribution in [1.29, 1.82) is 0 Å². The van der Waals surface area contributed by atoms with Crippen LogP contribution in [-0.2, 0) is 0 Å². The summed E-state index contributed by atoms with van der Waals surface area (Å²) in [5.74, 6) is 1.08. The number of benzene rings is 2. The van der Waals surface area contributed by atoms with Crippen LogP contribution < -0.4 is 14.9 Å². The highest BCUT2D eigenvalue weighted by atomic mass is 16.5. The van der Waals surface area contributed by atoms with Crippen LogP contribution in [0.1, 0.15) is 11.1 Å². The molecule has 25 heavy (non-hydrogen) atoms. The lowest BCUT2D eigenvalue weighted by Gasteiger charge is -2.09. The van der Waals surface area contributed by atoms with Gasteiger partial charge < -0.3 is 9.47 Å². The summed E-state index contributed by atoms with van der Waals surface area (Å²) in [5.41, 5.74) is 5.65. The topological polar surface area (TPSA) is 68.6 Å². The highest BCUT2D eigenvalue weighted by Gasteiger charge is 2.08. The first kappa shape index (κ1) is 16.4. The first-order chi connectivity index (χ1) is 12.3. The molecule has 0 fully saturated rings. The van der Waals surface area contributed by atoms with E-state index in [9.17, 15) is 0 Å². The van der Waals surface area contributed by atoms with Crippen LogP contribution >= 0.6 is 0 Å². The minimum absolute atomic E-state index is 0.292. The number of rotatable bonds is 6. The first-order valence-electron chi connectivity index (χ1n) is 7.72. The molecule has 1 N–H and O–H groups in total. The van der Waals surface area contributed by atoms with Crippen molar-refractivity contribution in [2.45, 2.75) is 0 Å². The van der Waals surface area contributed by atoms with Gasteiger partial charge in [0, 0.05) is 11.1 Å². The number of ether oxygens (including phenoxy) is 2. The van der Waals surface area contributed by atoms with Gasteiger partial charge >= 0.3 is 0 Å². The van der Waals surface area contributed by atoms with Gasteiger partial charge in [-0.15, -0.1) is 0 Å². The zero-order chi connectivity index (χ0) is 17.5. The van der Waals surface area contributed by atoms with Crippen LogP contribution in [0.25, 0.3) is 0 Å². The lowest BCUT2D eigenvalue weighted by Crippen LogP contribution is -2.08. The predicted octanol–water partition coefficient (Wildman–Crippen LogP) is 3.36. The number of hydrazone groups is 1. The van der Waals surface area contributed by atoms with E-state index in [4.69, 9.17) is 9.47 Å². The largest absolute Gasteiger partial charge is 0.481 e. The van der Waals surface area contributed by atoms with E-state index in [1.807, 2.05) is 60.7 Å².